The normalized spacial score (nSPS) is 20.9. The van der Waals surface area contributed by atoms with E-state index in [-0.39, 0.29) is 5.91 Å². The van der Waals surface area contributed by atoms with Crippen LogP contribution in [0.1, 0.15) is 11.6 Å². The third-order valence-corrected chi connectivity index (χ3v) is 2.57. The van der Waals surface area contributed by atoms with Crippen molar-refractivity contribution in [3.63, 3.8) is 0 Å². The highest BCUT2D eigenvalue weighted by molar-refractivity contribution is 6.06. The van der Waals surface area contributed by atoms with Crippen molar-refractivity contribution in [2.24, 2.45) is 4.99 Å². The zero-order chi connectivity index (χ0) is 13.0. The van der Waals surface area contributed by atoms with E-state index in [1.54, 1.807) is 25.3 Å². The first-order valence-electron chi connectivity index (χ1n) is 5.57. The van der Waals surface area contributed by atoms with Crippen LogP contribution in [0.5, 0.6) is 0 Å². The molecule has 1 aromatic rings. The molecule has 2 N–H and O–H groups in total. The van der Waals surface area contributed by atoms with Crippen molar-refractivity contribution in [3.05, 3.63) is 35.6 Å². The number of carbonyl (C=O) groups is 1. The van der Waals surface area contributed by atoms with E-state index in [4.69, 9.17) is 4.74 Å². The number of halogens is 1. The molecule has 0 aromatic heterocycles. The van der Waals surface area contributed by atoms with Crippen LogP contribution in [-0.2, 0) is 9.53 Å². The fraction of sp³-hybridized carbons (Fsp3) is 0.333. The third kappa shape index (κ3) is 2.65. The SMILES string of the molecule is COCCN=C1NC(=O)C(c2ccccc2F)N1. The van der Waals surface area contributed by atoms with Crippen LogP contribution in [0.3, 0.4) is 0 Å². The molecule has 0 spiro atoms. The van der Waals surface area contributed by atoms with Crippen molar-refractivity contribution < 1.29 is 13.9 Å². The summed E-state index contributed by atoms with van der Waals surface area (Å²) in [5.74, 6) is -0.370. The lowest BCUT2D eigenvalue weighted by atomic mass is 10.1. The average Bonchev–Trinajstić information content (AvgIpc) is 2.71. The summed E-state index contributed by atoms with van der Waals surface area (Å²) in [6.07, 6.45) is 0. The summed E-state index contributed by atoms with van der Waals surface area (Å²) in [6.45, 7) is 0.897. The third-order valence-electron chi connectivity index (χ3n) is 2.57. The molecule has 1 atom stereocenters. The highest BCUT2D eigenvalue weighted by atomic mass is 19.1. The van der Waals surface area contributed by atoms with Crippen LogP contribution in [0.15, 0.2) is 29.3 Å². The van der Waals surface area contributed by atoms with E-state index < -0.39 is 11.9 Å². The summed E-state index contributed by atoms with van der Waals surface area (Å²) in [5, 5.41) is 5.42. The smallest absolute Gasteiger partial charge is 0.254 e. The Balaban J connectivity index is 2.10. The van der Waals surface area contributed by atoms with Gasteiger partial charge in [0, 0.05) is 12.7 Å². The molecule has 0 bridgehead atoms. The molecule has 1 fully saturated rings. The first-order chi connectivity index (χ1) is 8.72. The van der Waals surface area contributed by atoms with Crippen molar-refractivity contribution in [1.82, 2.24) is 10.6 Å². The van der Waals surface area contributed by atoms with Gasteiger partial charge >= 0.3 is 0 Å². The summed E-state index contributed by atoms with van der Waals surface area (Å²) >= 11 is 0. The molecule has 0 aliphatic carbocycles. The Morgan fingerprint density at radius 1 is 1.44 bits per heavy atom. The average molecular weight is 251 g/mol. The minimum absolute atomic E-state index is 0.309. The molecule has 6 heteroatoms. The molecule has 1 aromatic carbocycles. The summed E-state index contributed by atoms with van der Waals surface area (Å²) < 4.78 is 18.4. The molecule has 1 amide bonds. The van der Waals surface area contributed by atoms with Gasteiger partial charge in [-0.1, -0.05) is 18.2 Å². The van der Waals surface area contributed by atoms with E-state index in [1.165, 1.54) is 6.07 Å². The Morgan fingerprint density at radius 3 is 2.94 bits per heavy atom. The molecule has 1 heterocycles. The van der Waals surface area contributed by atoms with Gasteiger partial charge in [-0.05, 0) is 6.07 Å². The van der Waals surface area contributed by atoms with Crippen LogP contribution < -0.4 is 10.6 Å². The number of aliphatic imine (C=N–C) groups is 1. The number of methoxy groups -OCH3 is 1. The van der Waals surface area contributed by atoms with Gasteiger partial charge in [0.15, 0.2) is 5.96 Å². The number of guanidine groups is 1. The van der Waals surface area contributed by atoms with Crippen molar-refractivity contribution in [2.45, 2.75) is 6.04 Å². The minimum Gasteiger partial charge on any atom is -0.383 e. The summed E-state index contributed by atoms with van der Waals surface area (Å²) in [5.41, 5.74) is 0.312. The fourth-order valence-electron chi connectivity index (χ4n) is 1.69. The fourth-order valence-corrected chi connectivity index (χ4v) is 1.69. The Morgan fingerprint density at radius 2 is 2.22 bits per heavy atom. The van der Waals surface area contributed by atoms with Crippen LogP contribution in [0.4, 0.5) is 4.39 Å². The number of amides is 1. The first kappa shape index (κ1) is 12.5. The van der Waals surface area contributed by atoms with Gasteiger partial charge in [-0.2, -0.15) is 0 Å². The number of ether oxygens (including phenoxy) is 1. The lowest BCUT2D eigenvalue weighted by molar-refractivity contribution is -0.120. The number of nitrogens with zero attached hydrogens (tertiary/aromatic N) is 1. The molecule has 2 rings (SSSR count). The van der Waals surface area contributed by atoms with E-state index in [9.17, 15) is 9.18 Å². The second-order valence-electron chi connectivity index (χ2n) is 3.81. The van der Waals surface area contributed by atoms with Crippen molar-refractivity contribution in [3.8, 4) is 0 Å². The van der Waals surface area contributed by atoms with E-state index in [2.05, 4.69) is 15.6 Å². The van der Waals surface area contributed by atoms with Crippen LogP contribution in [0.2, 0.25) is 0 Å². The first-order valence-corrected chi connectivity index (χ1v) is 5.57. The number of benzene rings is 1. The second-order valence-corrected chi connectivity index (χ2v) is 3.81. The molecule has 1 saturated heterocycles. The lowest BCUT2D eigenvalue weighted by Crippen LogP contribution is -2.26. The number of carbonyl (C=O) groups excluding carboxylic acids is 1. The molecule has 0 radical (unpaired) electrons. The van der Waals surface area contributed by atoms with Crippen LogP contribution in [0.25, 0.3) is 0 Å². The largest absolute Gasteiger partial charge is 0.383 e. The molecule has 96 valence electrons. The highest BCUT2D eigenvalue weighted by Crippen LogP contribution is 2.19. The zero-order valence-corrected chi connectivity index (χ0v) is 9.94. The van der Waals surface area contributed by atoms with E-state index in [0.717, 1.165) is 0 Å². The summed E-state index contributed by atoms with van der Waals surface area (Å²) in [7, 11) is 1.57. The molecule has 1 aliphatic heterocycles. The van der Waals surface area contributed by atoms with Crippen molar-refractivity contribution >= 4 is 11.9 Å². The number of hydrogen-bond acceptors (Lipinski definition) is 3. The van der Waals surface area contributed by atoms with Crippen molar-refractivity contribution in [2.75, 3.05) is 20.3 Å². The minimum atomic E-state index is -0.729. The van der Waals surface area contributed by atoms with Gasteiger partial charge in [-0.15, -0.1) is 0 Å². The Hall–Kier alpha value is -1.95. The van der Waals surface area contributed by atoms with Crippen molar-refractivity contribution in [1.29, 1.82) is 0 Å². The van der Waals surface area contributed by atoms with E-state index in [0.29, 0.717) is 24.7 Å². The van der Waals surface area contributed by atoms with Crippen LogP contribution >= 0.6 is 0 Å². The molecule has 1 unspecified atom stereocenters. The Bertz CT molecular complexity index is 476. The Labute approximate surface area is 104 Å². The molecule has 1 aliphatic rings. The van der Waals surface area contributed by atoms with Gasteiger partial charge in [0.1, 0.15) is 11.9 Å². The molecular weight excluding hydrogens is 237 g/mol. The molecule has 0 saturated carbocycles. The lowest BCUT2D eigenvalue weighted by Gasteiger charge is -2.08. The monoisotopic (exact) mass is 251 g/mol. The summed E-state index contributed by atoms with van der Waals surface area (Å²) in [6, 6.07) is 5.44. The van der Waals surface area contributed by atoms with Gasteiger partial charge in [-0.25, -0.2) is 4.39 Å². The van der Waals surface area contributed by atoms with E-state index in [1.807, 2.05) is 0 Å². The van der Waals surface area contributed by atoms with Crippen LogP contribution in [0, 0.1) is 5.82 Å². The number of rotatable bonds is 4. The second kappa shape index (κ2) is 5.59. The topological polar surface area (TPSA) is 62.7 Å². The Kier molecular flexibility index (Phi) is 3.88. The zero-order valence-electron chi connectivity index (χ0n) is 9.94. The van der Waals surface area contributed by atoms with Gasteiger partial charge in [0.05, 0.1) is 13.2 Å². The maximum atomic E-state index is 13.6. The number of hydrogen-bond donors (Lipinski definition) is 2. The maximum absolute atomic E-state index is 13.6. The molecule has 18 heavy (non-hydrogen) atoms. The predicted molar refractivity (Wildman–Crippen MR) is 64.6 cm³/mol. The quantitative estimate of drug-likeness (QED) is 0.770. The standard InChI is InChI=1S/C12H14FN3O2/c1-18-7-6-14-12-15-10(11(17)16-12)8-4-2-3-5-9(8)13/h2-5,10H,6-7H2,1H3,(H2,14,15,16,17). The number of nitrogens with one attached hydrogen (secondary N) is 2. The predicted octanol–water partition coefficient (Wildman–Crippen LogP) is 0.589. The van der Waals surface area contributed by atoms with Gasteiger partial charge in [0.25, 0.3) is 5.91 Å². The summed E-state index contributed by atoms with van der Waals surface area (Å²) in [4.78, 5) is 15.8. The molecular formula is C12H14FN3O2. The van der Waals surface area contributed by atoms with Gasteiger partial charge < -0.3 is 10.1 Å². The van der Waals surface area contributed by atoms with Gasteiger partial charge in [-0.3, -0.25) is 15.1 Å². The van der Waals surface area contributed by atoms with E-state index >= 15 is 0 Å². The highest BCUT2D eigenvalue weighted by Gasteiger charge is 2.31. The maximum Gasteiger partial charge on any atom is 0.254 e. The van der Waals surface area contributed by atoms with Gasteiger partial charge in [0.2, 0.25) is 0 Å². The van der Waals surface area contributed by atoms with Crippen LogP contribution in [-0.4, -0.2) is 32.1 Å². The molecule has 5 nitrogen and oxygen atoms in total.